The van der Waals surface area contributed by atoms with E-state index >= 15 is 0 Å². The van der Waals surface area contributed by atoms with E-state index in [0.717, 1.165) is 0 Å². The minimum absolute atomic E-state index is 0.164. The first-order chi connectivity index (χ1) is 4.33. The SMILES string of the molecule is CC=CC1=CCC(=O)O1. The van der Waals surface area contributed by atoms with Crippen molar-refractivity contribution in [3.8, 4) is 0 Å². The normalized spacial score (nSPS) is 18.3. The summed E-state index contributed by atoms with van der Waals surface area (Å²) in [6, 6.07) is 0. The maximum absolute atomic E-state index is 10.4. The molecule has 2 heteroatoms. The predicted octanol–water partition coefficient (Wildman–Crippen LogP) is 1.39. The molecule has 0 atom stereocenters. The Morgan fingerprint density at radius 1 is 1.78 bits per heavy atom. The summed E-state index contributed by atoms with van der Waals surface area (Å²) in [5.74, 6) is 0.505. The Hall–Kier alpha value is -1.05. The molecule has 0 fully saturated rings. The number of cyclic esters (lactones) is 1. The van der Waals surface area contributed by atoms with E-state index in [1.54, 1.807) is 12.2 Å². The van der Waals surface area contributed by atoms with Crippen molar-refractivity contribution in [3.63, 3.8) is 0 Å². The van der Waals surface area contributed by atoms with E-state index in [0.29, 0.717) is 12.2 Å². The zero-order valence-electron chi connectivity index (χ0n) is 5.26. The fraction of sp³-hybridized carbons (Fsp3) is 0.286. The summed E-state index contributed by atoms with van der Waals surface area (Å²) in [6.45, 7) is 1.88. The lowest BCUT2D eigenvalue weighted by atomic mass is 10.4. The van der Waals surface area contributed by atoms with E-state index < -0.39 is 0 Å². The van der Waals surface area contributed by atoms with Crippen molar-refractivity contribution in [2.75, 3.05) is 0 Å². The highest BCUT2D eigenvalue weighted by atomic mass is 16.5. The molecule has 0 saturated carbocycles. The van der Waals surface area contributed by atoms with Crippen molar-refractivity contribution in [2.24, 2.45) is 0 Å². The molecule has 1 aliphatic heterocycles. The van der Waals surface area contributed by atoms with Crippen LogP contribution < -0.4 is 0 Å². The topological polar surface area (TPSA) is 26.3 Å². The van der Waals surface area contributed by atoms with Crippen LogP contribution in [0.15, 0.2) is 24.0 Å². The Balaban J connectivity index is 2.55. The molecule has 48 valence electrons. The number of esters is 1. The third-order valence-corrected chi connectivity index (χ3v) is 1.03. The van der Waals surface area contributed by atoms with Crippen molar-refractivity contribution in [1.82, 2.24) is 0 Å². The van der Waals surface area contributed by atoms with Crippen LogP contribution in [0.3, 0.4) is 0 Å². The fourth-order valence-corrected chi connectivity index (χ4v) is 0.665. The minimum Gasteiger partial charge on any atom is -0.427 e. The van der Waals surface area contributed by atoms with Crippen LogP contribution >= 0.6 is 0 Å². The molecule has 0 N–H and O–H groups in total. The molecule has 0 amide bonds. The first-order valence-electron chi connectivity index (χ1n) is 2.86. The number of rotatable bonds is 1. The monoisotopic (exact) mass is 124 g/mol. The van der Waals surface area contributed by atoms with Gasteiger partial charge in [-0.3, -0.25) is 4.79 Å². The quantitative estimate of drug-likeness (QED) is 0.494. The number of ether oxygens (including phenoxy) is 1. The van der Waals surface area contributed by atoms with Crippen LogP contribution in [-0.2, 0) is 9.53 Å². The van der Waals surface area contributed by atoms with Gasteiger partial charge < -0.3 is 4.74 Å². The van der Waals surface area contributed by atoms with Gasteiger partial charge in [-0.15, -0.1) is 0 Å². The molecule has 0 saturated heterocycles. The second kappa shape index (κ2) is 2.49. The van der Waals surface area contributed by atoms with Gasteiger partial charge in [0.15, 0.2) is 0 Å². The predicted molar refractivity (Wildman–Crippen MR) is 33.6 cm³/mol. The summed E-state index contributed by atoms with van der Waals surface area (Å²) in [4.78, 5) is 10.4. The highest BCUT2D eigenvalue weighted by molar-refractivity contribution is 5.75. The molecule has 1 rings (SSSR count). The van der Waals surface area contributed by atoms with E-state index in [2.05, 4.69) is 0 Å². The molecule has 9 heavy (non-hydrogen) atoms. The largest absolute Gasteiger partial charge is 0.427 e. The molecule has 0 aromatic carbocycles. The molecule has 1 aliphatic rings. The first-order valence-corrected chi connectivity index (χ1v) is 2.86. The molecule has 0 aliphatic carbocycles. The van der Waals surface area contributed by atoms with Crippen LogP contribution in [0, 0.1) is 0 Å². The Labute approximate surface area is 53.8 Å². The number of carbonyl (C=O) groups excluding carboxylic acids is 1. The van der Waals surface area contributed by atoms with Crippen LogP contribution in [0.4, 0.5) is 0 Å². The van der Waals surface area contributed by atoms with E-state index in [-0.39, 0.29) is 5.97 Å². The second-order valence-electron chi connectivity index (χ2n) is 1.78. The Bertz CT molecular complexity index is 177. The second-order valence-corrected chi connectivity index (χ2v) is 1.78. The van der Waals surface area contributed by atoms with E-state index in [1.807, 2.05) is 13.0 Å². The third-order valence-electron chi connectivity index (χ3n) is 1.03. The maximum Gasteiger partial charge on any atom is 0.315 e. The summed E-state index contributed by atoms with van der Waals surface area (Å²) < 4.78 is 4.74. The van der Waals surface area contributed by atoms with Crippen molar-refractivity contribution in [2.45, 2.75) is 13.3 Å². The summed E-state index contributed by atoms with van der Waals surface area (Å²) in [5.41, 5.74) is 0. The number of carbonyl (C=O) groups is 1. The van der Waals surface area contributed by atoms with Gasteiger partial charge >= 0.3 is 5.97 Å². The van der Waals surface area contributed by atoms with Gasteiger partial charge in [0.25, 0.3) is 0 Å². The highest BCUT2D eigenvalue weighted by Gasteiger charge is 2.10. The van der Waals surface area contributed by atoms with Gasteiger partial charge in [0.1, 0.15) is 5.76 Å². The fourth-order valence-electron chi connectivity index (χ4n) is 0.665. The molecule has 0 spiro atoms. The van der Waals surface area contributed by atoms with Crippen LogP contribution in [0.2, 0.25) is 0 Å². The third kappa shape index (κ3) is 1.42. The number of hydrogen-bond acceptors (Lipinski definition) is 2. The van der Waals surface area contributed by atoms with Crippen LogP contribution in [0.25, 0.3) is 0 Å². The molecule has 2 nitrogen and oxygen atoms in total. The van der Waals surface area contributed by atoms with Gasteiger partial charge in [0, 0.05) is 0 Å². The van der Waals surface area contributed by atoms with Crippen LogP contribution in [0.1, 0.15) is 13.3 Å². The van der Waals surface area contributed by atoms with Gasteiger partial charge in [-0.2, -0.15) is 0 Å². The van der Waals surface area contributed by atoms with Gasteiger partial charge in [-0.1, -0.05) is 6.08 Å². The van der Waals surface area contributed by atoms with Gasteiger partial charge in [0.2, 0.25) is 0 Å². The standard InChI is InChI=1S/C7H8O2/c1-2-3-6-4-5-7(8)9-6/h2-4H,5H2,1H3. The molecule has 0 aromatic rings. The maximum atomic E-state index is 10.4. The Morgan fingerprint density at radius 2 is 2.56 bits per heavy atom. The van der Waals surface area contributed by atoms with Crippen molar-refractivity contribution >= 4 is 5.97 Å². The number of hydrogen-bond donors (Lipinski definition) is 0. The molecule has 0 bridgehead atoms. The molecule has 0 aromatic heterocycles. The first kappa shape index (κ1) is 6.08. The summed E-state index contributed by atoms with van der Waals surface area (Å²) in [7, 11) is 0. The molecule has 0 radical (unpaired) electrons. The lowest BCUT2D eigenvalue weighted by Crippen LogP contribution is -1.91. The number of allylic oxidation sites excluding steroid dienone is 2. The smallest absolute Gasteiger partial charge is 0.315 e. The summed E-state index contributed by atoms with van der Waals surface area (Å²) in [5, 5.41) is 0. The lowest BCUT2D eigenvalue weighted by Gasteiger charge is -1.90. The summed E-state index contributed by atoms with van der Waals surface area (Å²) in [6.07, 6.45) is 5.79. The Kier molecular flexibility index (Phi) is 1.68. The average molecular weight is 124 g/mol. The molecule has 0 unspecified atom stereocenters. The van der Waals surface area contributed by atoms with Crippen LogP contribution in [-0.4, -0.2) is 5.97 Å². The van der Waals surface area contributed by atoms with Gasteiger partial charge in [0.05, 0.1) is 6.42 Å². The van der Waals surface area contributed by atoms with E-state index in [1.165, 1.54) is 0 Å². The van der Waals surface area contributed by atoms with Crippen molar-refractivity contribution in [1.29, 1.82) is 0 Å². The van der Waals surface area contributed by atoms with E-state index in [4.69, 9.17) is 4.74 Å². The Morgan fingerprint density at radius 3 is 3.00 bits per heavy atom. The average Bonchev–Trinajstić information content (AvgIpc) is 2.17. The van der Waals surface area contributed by atoms with Crippen LogP contribution in [0.5, 0.6) is 0 Å². The van der Waals surface area contributed by atoms with Crippen molar-refractivity contribution < 1.29 is 9.53 Å². The zero-order chi connectivity index (χ0) is 6.69. The minimum atomic E-state index is -0.164. The highest BCUT2D eigenvalue weighted by Crippen LogP contribution is 2.10. The van der Waals surface area contributed by atoms with Crippen molar-refractivity contribution in [3.05, 3.63) is 24.0 Å². The van der Waals surface area contributed by atoms with Gasteiger partial charge in [-0.25, -0.2) is 0 Å². The molecular formula is C7H8O2. The van der Waals surface area contributed by atoms with Gasteiger partial charge in [-0.05, 0) is 19.1 Å². The zero-order valence-corrected chi connectivity index (χ0v) is 5.26. The summed E-state index contributed by atoms with van der Waals surface area (Å²) >= 11 is 0. The molecule has 1 heterocycles. The van der Waals surface area contributed by atoms with E-state index in [9.17, 15) is 4.79 Å². The lowest BCUT2D eigenvalue weighted by molar-refractivity contribution is -0.136. The molecular weight excluding hydrogens is 116 g/mol.